The number of aromatic nitrogens is 1. The van der Waals surface area contributed by atoms with Crippen LogP contribution in [0.25, 0.3) is 0 Å². The maximum absolute atomic E-state index is 13.2. The van der Waals surface area contributed by atoms with Crippen molar-refractivity contribution in [1.29, 1.82) is 0 Å². The van der Waals surface area contributed by atoms with E-state index in [9.17, 15) is 18.0 Å². The van der Waals surface area contributed by atoms with Crippen molar-refractivity contribution in [3.8, 4) is 0 Å². The summed E-state index contributed by atoms with van der Waals surface area (Å²) in [5.74, 6) is -0.922. The summed E-state index contributed by atoms with van der Waals surface area (Å²) < 4.78 is 39.5. The number of amides is 1. The van der Waals surface area contributed by atoms with E-state index in [1.807, 2.05) is 0 Å². The van der Waals surface area contributed by atoms with Gasteiger partial charge in [0.25, 0.3) is 5.91 Å². The molecule has 2 aromatic rings. The molecule has 0 aliphatic carbocycles. The van der Waals surface area contributed by atoms with Crippen LogP contribution in [0.1, 0.15) is 35.5 Å². The molecule has 1 amide bonds. The molecule has 28 heavy (non-hydrogen) atoms. The molecule has 0 spiro atoms. The number of oxime groups is 1. The van der Waals surface area contributed by atoms with Crippen LogP contribution in [0, 0.1) is 0 Å². The van der Waals surface area contributed by atoms with Crippen molar-refractivity contribution in [2.45, 2.75) is 26.1 Å². The highest BCUT2D eigenvalue weighted by atomic mass is 35.5. The molecule has 1 heterocycles. The Balaban J connectivity index is 2.34. The lowest BCUT2D eigenvalue weighted by Crippen LogP contribution is -2.40. The molecule has 1 aromatic carbocycles. The molecule has 1 aromatic heterocycles. The Labute approximate surface area is 169 Å². The van der Waals surface area contributed by atoms with Gasteiger partial charge in [-0.15, -0.1) is 0 Å². The molecule has 150 valence electrons. The van der Waals surface area contributed by atoms with Crippen molar-refractivity contribution >= 4 is 34.8 Å². The maximum Gasteiger partial charge on any atom is 0.417 e. The first-order valence-electron chi connectivity index (χ1n) is 8.13. The lowest BCUT2D eigenvalue weighted by Gasteiger charge is -2.18. The van der Waals surface area contributed by atoms with Gasteiger partial charge in [0.15, 0.2) is 0 Å². The first-order chi connectivity index (χ1) is 13.1. The summed E-state index contributed by atoms with van der Waals surface area (Å²) in [6.45, 7) is 3.45. The van der Waals surface area contributed by atoms with Crippen LogP contribution >= 0.6 is 23.2 Å². The summed E-state index contributed by atoms with van der Waals surface area (Å²) in [5, 5.41) is 6.83. The molecular formula is C18H16Cl2F3N3O2. The summed E-state index contributed by atoms with van der Waals surface area (Å²) in [6.07, 6.45) is -3.34. The second-order valence-corrected chi connectivity index (χ2v) is 6.46. The Hall–Kier alpha value is -2.32. The molecule has 0 radical (unpaired) electrons. The monoisotopic (exact) mass is 433 g/mol. The van der Waals surface area contributed by atoms with E-state index in [2.05, 4.69) is 15.5 Å². The van der Waals surface area contributed by atoms with Crippen molar-refractivity contribution in [3.05, 3.63) is 63.4 Å². The van der Waals surface area contributed by atoms with Crippen LogP contribution in [-0.4, -0.2) is 29.3 Å². The first kappa shape index (κ1) is 22.0. The Bertz CT molecular complexity index is 889. The molecule has 10 heteroatoms. The Kier molecular flexibility index (Phi) is 7.26. The molecule has 5 nitrogen and oxygen atoms in total. The molecule has 0 saturated heterocycles. The number of carbonyl (C=O) groups is 1. The third-order valence-electron chi connectivity index (χ3n) is 3.58. The fourth-order valence-corrected chi connectivity index (χ4v) is 2.81. The molecule has 2 rings (SSSR count). The Morgan fingerprint density at radius 1 is 1.32 bits per heavy atom. The molecule has 0 bridgehead atoms. The number of benzene rings is 1. The Morgan fingerprint density at radius 2 is 2.00 bits per heavy atom. The minimum atomic E-state index is -4.67. The van der Waals surface area contributed by atoms with Gasteiger partial charge >= 0.3 is 6.18 Å². The van der Waals surface area contributed by atoms with Crippen LogP contribution in [0.2, 0.25) is 10.0 Å². The SMILES string of the molecule is CCON=C(c1ncc(Cl)cc1Cl)[C@H](C)NC(=O)c1ccccc1C(F)(F)F. The van der Waals surface area contributed by atoms with Crippen LogP contribution in [-0.2, 0) is 11.0 Å². The zero-order valence-corrected chi connectivity index (χ0v) is 16.4. The van der Waals surface area contributed by atoms with Crippen molar-refractivity contribution in [1.82, 2.24) is 10.3 Å². The fraction of sp³-hybridized carbons (Fsp3) is 0.278. The van der Waals surface area contributed by atoms with Gasteiger partial charge in [-0.05, 0) is 32.0 Å². The molecular weight excluding hydrogens is 418 g/mol. The van der Waals surface area contributed by atoms with Crippen molar-refractivity contribution < 1.29 is 22.8 Å². The number of nitrogens with zero attached hydrogens (tertiary/aromatic N) is 2. The molecule has 0 aliphatic rings. The number of carbonyl (C=O) groups excluding carboxylic acids is 1. The predicted octanol–water partition coefficient (Wildman–Crippen LogP) is 4.97. The minimum Gasteiger partial charge on any atom is -0.396 e. The lowest BCUT2D eigenvalue weighted by molar-refractivity contribution is -0.137. The van der Waals surface area contributed by atoms with E-state index < -0.39 is 29.3 Å². The quantitative estimate of drug-likeness (QED) is 0.516. The number of hydrogen-bond donors (Lipinski definition) is 1. The van der Waals surface area contributed by atoms with E-state index in [-0.39, 0.29) is 23.0 Å². The molecule has 1 N–H and O–H groups in total. The third kappa shape index (κ3) is 5.36. The van der Waals surface area contributed by atoms with E-state index >= 15 is 0 Å². The second kappa shape index (κ2) is 9.25. The van der Waals surface area contributed by atoms with E-state index in [1.165, 1.54) is 31.3 Å². The van der Waals surface area contributed by atoms with E-state index in [0.29, 0.717) is 5.02 Å². The van der Waals surface area contributed by atoms with Crippen molar-refractivity contribution in [2.24, 2.45) is 5.16 Å². The predicted molar refractivity (Wildman–Crippen MR) is 101 cm³/mol. The van der Waals surface area contributed by atoms with Crippen LogP contribution < -0.4 is 5.32 Å². The van der Waals surface area contributed by atoms with Gasteiger partial charge in [0.2, 0.25) is 0 Å². The highest BCUT2D eigenvalue weighted by Crippen LogP contribution is 2.31. The lowest BCUT2D eigenvalue weighted by atomic mass is 10.0. The van der Waals surface area contributed by atoms with Crippen LogP contribution in [0.4, 0.5) is 13.2 Å². The van der Waals surface area contributed by atoms with E-state index in [4.69, 9.17) is 28.0 Å². The van der Waals surface area contributed by atoms with Gasteiger partial charge < -0.3 is 10.2 Å². The highest BCUT2D eigenvalue weighted by Gasteiger charge is 2.35. The maximum atomic E-state index is 13.2. The zero-order valence-electron chi connectivity index (χ0n) is 14.8. The number of nitrogens with one attached hydrogen (secondary N) is 1. The highest BCUT2D eigenvalue weighted by molar-refractivity contribution is 6.36. The van der Waals surface area contributed by atoms with Gasteiger partial charge in [0.1, 0.15) is 18.0 Å². The largest absolute Gasteiger partial charge is 0.417 e. The summed E-state index contributed by atoms with van der Waals surface area (Å²) in [6, 6.07) is 5.07. The van der Waals surface area contributed by atoms with Gasteiger partial charge in [-0.3, -0.25) is 9.78 Å². The number of hydrogen-bond acceptors (Lipinski definition) is 4. The fourth-order valence-electron chi connectivity index (χ4n) is 2.34. The number of rotatable bonds is 6. The topological polar surface area (TPSA) is 63.6 Å². The van der Waals surface area contributed by atoms with Gasteiger partial charge in [-0.2, -0.15) is 13.2 Å². The van der Waals surface area contributed by atoms with Crippen LogP contribution in [0.5, 0.6) is 0 Å². The molecule has 0 fully saturated rings. The van der Waals surface area contributed by atoms with Gasteiger partial charge in [-0.1, -0.05) is 40.5 Å². The standard InChI is InChI=1S/C18H16Cl2F3N3O2/c1-3-28-26-15(16-14(20)8-11(19)9-24-16)10(2)25-17(27)12-6-4-5-7-13(12)18(21,22)23/h4-10H,3H2,1-2H3,(H,25,27)/t10-/m0/s1. The molecule has 0 unspecified atom stereocenters. The molecule has 0 aliphatic heterocycles. The van der Waals surface area contributed by atoms with Gasteiger partial charge in [0, 0.05) is 6.20 Å². The van der Waals surface area contributed by atoms with Crippen molar-refractivity contribution in [3.63, 3.8) is 0 Å². The average Bonchev–Trinajstić information content (AvgIpc) is 2.62. The average molecular weight is 434 g/mol. The van der Waals surface area contributed by atoms with E-state index in [1.54, 1.807) is 6.92 Å². The summed E-state index contributed by atoms with van der Waals surface area (Å²) in [5.41, 5.74) is -1.21. The number of halogens is 5. The third-order valence-corrected chi connectivity index (χ3v) is 4.07. The smallest absolute Gasteiger partial charge is 0.396 e. The minimum absolute atomic E-state index is 0.140. The van der Waals surface area contributed by atoms with Crippen LogP contribution in [0.15, 0.2) is 41.7 Å². The normalized spacial score (nSPS) is 13.2. The van der Waals surface area contributed by atoms with Gasteiger partial charge in [-0.25, -0.2) is 0 Å². The summed E-state index contributed by atoms with van der Waals surface area (Å²) >= 11 is 12.0. The molecule has 1 atom stereocenters. The van der Waals surface area contributed by atoms with Crippen LogP contribution in [0.3, 0.4) is 0 Å². The van der Waals surface area contributed by atoms with E-state index in [0.717, 1.165) is 12.1 Å². The van der Waals surface area contributed by atoms with Gasteiger partial charge in [0.05, 0.1) is 27.2 Å². The summed E-state index contributed by atoms with van der Waals surface area (Å²) in [7, 11) is 0. The first-order valence-corrected chi connectivity index (χ1v) is 8.89. The molecule has 0 saturated carbocycles. The number of alkyl halides is 3. The number of pyridine rings is 1. The summed E-state index contributed by atoms with van der Waals surface area (Å²) in [4.78, 5) is 21.6. The Morgan fingerprint density at radius 3 is 2.61 bits per heavy atom. The van der Waals surface area contributed by atoms with Crippen molar-refractivity contribution in [2.75, 3.05) is 6.61 Å². The zero-order chi connectivity index (χ0) is 20.9. The second-order valence-electron chi connectivity index (χ2n) is 5.62.